The number of nitrogens with one attached hydrogen (secondary N) is 1. The zero-order valence-corrected chi connectivity index (χ0v) is 15.2. The first-order valence-corrected chi connectivity index (χ1v) is 9.24. The average molecular weight is 382 g/mol. The molecule has 0 spiro atoms. The number of nitrogens with zero attached hydrogens (tertiary/aromatic N) is 5. The minimum absolute atomic E-state index is 0.256. The van der Waals surface area contributed by atoms with E-state index in [1.807, 2.05) is 18.3 Å². The van der Waals surface area contributed by atoms with Gasteiger partial charge in [0.2, 0.25) is 5.78 Å². The largest absolute Gasteiger partial charge is 0.345 e. The van der Waals surface area contributed by atoms with Crippen LogP contribution in [0.15, 0.2) is 65.8 Å². The van der Waals surface area contributed by atoms with Crippen molar-refractivity contribution in [1.29, 1.82) is 0 Å². The highest BCUT2D eigenvalue weighted by Crippen LogP contribution is 2.37. The minimum Gasteiger partial charge on any atom is -0.345 e. The lowest BCUT2D eigenvalue weighted by atomic mass is 9.94. The molecule has 3 aromatic rings. The van der Waals surface area contributed by atoms with Crippen LogP contribution >= 0.6 is 0 Å². The topological polar surface area (TPSA) is 92.0 Å². The first-order chi connectivity index (χ1) is 14.2. The molecule has 1 aromatic carbocycles. The zero-order valence-electron chi connectivity index (χ0n) is 15.2. The molecule has 0 saturated carbocycles. The highest BCUT2D eigenvalue weighted by molar-refractivity contribution is 6.47. The summed E-state index contributed by atoms with van der Waals surface area (Å²) in [6, 6.07) is 7.74. The molecule has 5 heterocycles. The van der Waals surface area contributed by atoms with Gasteiger partial charge in [-0.1, -0.05) is 18.2 Å². The molecule has 0 unspecified atom stereocenters. The van der Waals surface area contributed by atoms with Crippen LogP contribution in [0.2, 0.25) is 0 Å². The Hall–Kier alpha value is -4.07. The molecule has 0 saturated heterocycles. The second kappa shape index (κ2) is 5.71. The lowest BCUT2D eigenvalue weighted by Crippen LogP contribution is -2.25. The molecule has 1 N–H and O–H groups in total. The molecule has 140 valence electrons. The van der Waals surface area contributed by atoms with Crippen LogP contribution in [-0.2, 0) is 16.0 Å². The lowest BCUT2D eigenvalue weighted by molar-refractivity contribution is -0.123. The predicted octanol–water partition coefficient (Wildman–Crippen LogP) is 1.48. The van der Waals surface area contributed by atoms with Crippen molar-refractivity contribution in [2.75, 3.05) is 11.4 Å². The number of fused-ring (bicyclic) bond motifs is 1. The predicted molar refractivity (Wildman–Crippen MR) is 106 cm³/mol. The molecule has 0 bridgehead atoms. The van der Waals surface area contributed by atoms with Gasteiger partial charge in [-0.3, -0.25) is 24.3 Å². The Balaban J connectivity index is 1.64. The number of rotatable bonds is 2. The number of hydrogen-bond donors (Lipinski definition) is 1. The standard InChI is InChI=1S/C21H14N6O2/c28-19-15(14-11-24-21-23-6-2-8-27(14)21)16(20(29)25-19)17-13-4-1-3-12-5-9-26(18(12)13)10-7-22-17/h1-4,6-8,10-11H,5,9H2,(H,25,28,29). The van der Waals surface area contributed by atoms with E-state index >= 15 is 0 Å². The van der Waals surface area contributed by atoms with Crippen LogP contribution < -0.4 is 10.2 Å². The molecule has 0 fully saturated rings. The molecular formula is C21H14N6O2. The highest BCUT2D eigenvalue weighted by atomic mass is 16.2. The van der Waals surface area contributed by atoms with Crippen molar-refractivity contribution < 1.29 is 9.59 Å². The van der Waals surface area contributed by atoms with Crippen molar-refractivity contribution >= 4 is 34.6 Å². The lowest BCUT2D eigenvalue weighted by Gasteiger charge is -2.17. The molecule has 29 heavy (non-hydrogen) atoms. The van der Waals surface area contributed by atoms with Gasteiger partial charge in [0.15, 0.2) is 0 Å². The molecule has 2 aromatic heterocycles. The van der Waals surface area contributed by atoms with Crippen molar-refractivity contribution in [2.24, 2.45) is 4.99 Å². The second-order valence-electron chi connectivity index (χ2n) is 7.00. The number of carbonyl (C=O) groups excluding carboxylic acids is 2. The molecular weight excluding hydrogens is 368 g/mol. The van der Waals surface area contributed by atoms with Gasteiger partial charge in [0.1, 0.15) is 0 Å². The van der Waals surface area contributed by atoms with E-state index in [0.717, 1.165) is 24.2 Å². The summed E-state index contributed by atoms with van der Waals surface area (Å²) in [6.45, 7) is 0.863. The Morgan fingerprint density at radius 2 is 1.93 bits per heavy atom. The van der Waals surface area contributed by atoms with Crippen molar-refractivity contribution in [3.8, 4) is 0 Å². The van der Waals surface area contributed by atoms with Gasteiger partial charge >= 0.3 is 0 Å². The SMILES string of the molecule is O=C1NC(=O)C(c2cnc3ncccn23)=C1C1=NC=CN2CCc3cccc1c32. The molecule has 8 nitrogen and oxygen atoms in total. The normalized spacial score (nSPS) is 17.7. The maximum absolute atomic E-state index is 12.9. The summed E-state index contributed by atoms with van der Waals surface area (Å²) in [5.74, 6) is -0.466. The van der Waals surface area contributed by atoms with Gasteiger partial charge in [0.05, 0.1) is 34.4 Å². The van der Waals surface area contributed by atoms with Crippen LogP contribution in [0.1, 0.15) is 16.8 Å². The average Bonchev–Trinajstić information content (AvgIpc) is 3.37. The van der Waals surface area contributed by atoms with Gasteiger partial charge in [-0.25, -0.2) is 9.97 Å². The number of amides is 2. The van der Waals surface area contributed by atoms with Gasteiger partial charge in [-0.05, 0) is 18.1 Å². The first kappa shape index (κ1) is 15.9. The Morgan fingerprint density at radius 3 is 2.86 bits per heavy atom. The van der Waals surface area contributed by atoms with E-state index in [1.165, 1.54) is 5.56 Å². The van der Waals surface area contributed by atoms with Crippen molar-refractivity contribution in [3.63, 3.8) is 0 Å². The van der Waals surface area contributed by atoms with Gasteiger partial charge in [0.25, 0.3) is 11.8 Å². The molecule has 8 heteroatoms. The summed E-state index contributed by atoms with van der Waals surface area (Å²) in [5, 5.41) is 2.43. The maximum atomic E-state index is 12.9. The van der Waals surface area contributed by atoms with Crippen molar-refractivity contribution in [1.82, 2.24) is 19.7 Å². The monoisotopic (exact) mass is 382 g/mol. The maximum Gasteiger partial charge on any atom is 0.261 e. The van der Waals surface area contributed by atoms with E-state index in [0.29, 0.717) is 17.2 Å². The van der Waals surface area contributed by atoms with Crippen LogP contribution in [0.25, 0.3) is 11.4 Å². The summed E-state index contributed by atoms with van der Waals surface area (Å²) < 4.78 is 1.70. The number of carbonyl (C=O) groups is 2. The molecule has 3 aliphatic rings. The van der Waals surface area contributed by atoms with Crippen LogP contribution in [0.3, 0.4) is 0 Å². The van der Waals surface area contributed by atoms with E-state index in [-0.39, 0.29) is 11.1 Å². The summed E-state index contributed by atoms with van der Waals surface area (Å²) in [6.07, 6.45) is 9.48. The van der Waals surface area contributed by atoms with E-state index in [1.54, 1.807) is 35.3 Å². The second-order valence-corrected chi connectivity index (χ2v) is 7.00. The third-order valence-corrected chi connectivity index (χ3v) is 5.45. The highest BCUT2D eigenvalue weighted by Gasteiger charge is 2.38. The number of hydrogen-bond acceptors (Lipinski definition) is 6. The Kier molecular flexibility index (Phi) is 3.14. The quantitative estimate of drug-likeness (QED) is 0.678. The van der Waals surface area contributed by atoms with Crippen LogP contribution in [-0.4, -0.2) is 38.4 Å². The van der Waals surface area contributed by atoms with Gasteiger partial charge in [-0.2, -0.15) is 0 Å². The van der Waals surface area contributed by atoms with Crippen LogP contribution in [0.5, 0.6) is 0 Å². The van der Waals surface area contributed by atoms with Crippen LogP contribution in [0.4, 0.5) is 5.69 Å². The number of benzene rings is 1. The number of imidazole rings is 1. The van der Waals surface area contributed by atoms with E-state index in [2.05, 4.69) is 31.2 Å². The van der Waals surface area contributed by atoms with E-state index in [4.69, 9.17) is 0 Å². The van der Waals surface area contributed by atoms with Gasteiger partial charge in [0, 0.05) is 36.9 Å². The molecule has 0 aliphatic carbocycles. The fraction of sp³-hybridized carbons (Fsp3) is 0.0952. The number of aromatic nitrogens is 3. The van der Waals surface area contributed by atoms with Crippen LogP contribution in [0, 0.1) is 0 Å². The van der Waals surface area contributed by atoms with Crippen molar-refractivity contribution in [2.45, 2.75) is 6.42 Å². The molecule has 6 rings (SSSR count). The fourth-order valence-electron chi connectivity index (χ4n) is 4.22. The number of anilines is 1. The van der Waals surface area contributed by atoms with Crippen molar-refractivity contribution in [3.05, 3.63) is 77.6 Å². The molecule has 0 radical (unpaired) electrons. The summed E-state index contributed by atoms with van der Waals surface area (Å²) in [5.41, 5.74) is 4.59. The Bertz CT molecular complexity index is 1330. The Labute approximate surface area is 164 Å². The Morgan fingerprint density at radius 1 is 1.03 bits per heavy atom. The number of aliphatic imine (C=N–C) groups is 1. The van der Waals surface area contributed by atoms with Gasteiger partial charge < -0.3 is 4.90 Å². The first-order valence-electron chi connectivity index (χ1n) is 9.24. The third kappa shape index (κ3) is 2.16. The molecule has 2 amide bonds. The van der Waals surface area contributed by atoms with E-state index in [9.17, 15) is 9.59 Å². The molecule has 0 atom stereocenters. The summed E-state index contributed by atoms with van der Waals surface area (Å²) in [4.78, 5) is 40.8. The third-order valence-electron chi connectivity index (χ3n) is 5.45. The minimum atomic E-state index is -0.462. The molecule has 3 aliphatic heterocycles. The summed E-state index contributed by atoms with van der Waals surface area (Å²) in [7, 11) is 0. The number of para-hydroxylation sites is 1. The van der Waals surface area contributed by atoms with E-state index < -0.39 is 11.8 Å². The van der Waals surface area contributed by atoms with Gasteiger partial charge in [-0.15, -0.1) is 0 Å². The summed E-state index contributed by atoms with van der Waals surface area (Å²) >= 11 is 0. The number of imide groups is 1. The fourth-order valence-corrected chi connectivity index (χ4v) is 4.22. The zero-order chi connectivity index (χ0) is 19.5. The smallest absolute Gasteiger partial charge is 0.261 e.